The summed E-state index contributed by atoms with van der Waals surface area (Å²) in [6.07, 6.45) is 0.915. The molecule has 0 saturated heterocycles. The second-order valence-electron chi connectivity index (χ2n) is 4.01. The number of aromatic nitrogens is 1. The van der Waals surface area contributed by atoms with E-state index in [-0.39, 0.29) is 0 Å². The van der Waals surface area contributed by atoms with Crippen LogP contribution in [0.5, 0.6) is 0 Å². The third-order valence-electron chi connectivity index (χ3n) is 2.43. The van der Waals surface area contributed by atoms with Gasteiger partial charge in [-0.15, -0.1) is 11.3 Å². The number of nitrogens with two attached hydrogens (primary N) is 1. The highest BCUT2D eigenvalue weighted by Crippen LogP contribution is 2.29. The number of rotatable bonds is 3. The molecule has 1 aromatic heterocycles. The van der Waals surface area contributed by atoms with Gasteiger partial charge in [-0.05, 0) is 24.6 Å². The normalized spacial score (nSPS) is 11.5. The minimum Gasteiger partial charge on any atom is -0.330 e. The van der Waals surface area contributed by atoms with Crippen LogP contribution in [0.1, 0.15) is 30.3 Å². The van der Waals surface area contributed by atoms with E-state index in [4.69, 9.17) is 10.7 Å². The van der Waals surface area contributed by atoms with E-state index >= 15 is 0 Å². The average molecular weight is 220 g/mol. The molecule has 0 spiro atoms. The summed E-state index contributed by atoms with van der Waals surface area (Å²) in [5, 5.41) is 1.22. The molecule has 0 aliphatic carbocycles. The number of fused-ring (bicyclic) bond motifs is 1. The van der Waals surface area contributed by atoms with Crippen LogP contribution < -0.4 is 5.73 Å². The molecule has 3 heteroatoms. The van der Waals surface area contributed by atoms with E-state index in [0.717, 1.165) is 11.9 Å². The maximum Gasteiger partial charge on any atom is 0.0964 e. The number of thiazole rings is 1. The monoisotopic (exact) mass is 220 g/mol. The zero-order valence-corrected chi connectivity index (χ0v) is 9.97. The summed E-state index contributed by atoms with van der Waals surface area (Å²) in [4.78, 5) is 4.69. The van der Waals surface area contributed by atoms with Gasteiger partial charge in [0.1, 0.15) is 0 Å². The zero-order valence-electron chi connectivity index (χ0n) is 9.16. The van der Waals surface area contributed by atoms with Crippen molar-refractivity contribution in [2.45, 2.75) is 26.2 Å². The first kappa shape index (κ1) is 10.6. The quantitative estimate of drug-likeness (QED) is 0.863. The highest BCUT2D eigenvalue weighted by atomic mass is 32.1. The molecular formula is C12H16N2S. The predicted octanol–water partition coefficient (Wildman–Crippen LogP) is 2.92. The van der Waals surface area contributed by atoms with E-state index in [1.807, 2.05) is 0 Å². The fraction of sp³-hybridized carbons (Fsp3) is 0.417. The fourth-order valence-electron chi connectivity index (χ4n) is 1.63. The molecule has 1 heterocycles. The van der Waals surface area contributed by atoms with Crippen molar-refractivity contribution in [3.8, 4) is 0 Å². The van der Waals surface area contributed by atoms with E-state index in [9.17, 15) is 0 Å². The van der Waals surface area contributed by atoms with Gasteiger partial charge in [-0.25, -0.2) is 4.98 Å². The molecule has 80 valence electrons. The summed E-state index contributed by atoms with van der Waals surface area (Å²) in [6.45, 7) is 5.05. The minimum absolute atomic E-state index is 0.508. The molecule has 15 heavy (non-hydrogen) atoms. The largest absolute Gasteiger partial charge is 0.330 e. The van der Waals surface area contributed by atoms with Crippen molar-refractivity contribution >= 4 is 21.6 Å². The van der Waals surface area contributed by atoms with Gasteiger partial charge in [0.05, 0.1) is 15.2 Å². The lowest BCUT2D eigenvalue weighted by Gasteiger charge is -1.98. The molecule has 0 atom stereocenters. The zero-order chi connectivity index (χ0) is 10.8. The van der Waals surface area contributed by atoms with Crippen molar-refractivity contribution < 1.29 is 0 Å². The number of nitrogens with zero attached hydrogens (tertiary/aromatic N) is 1. The lowest BCUT2D eigenvalue weighted by Crippen LogP contribution is -2.03. The molecule has 1 aromatic carbocycles. The van der Waals surface area contributed by atoms with Crippen molar-refractivity contribution in [1.29, 1.82) is 0 Å². The van der Waals surface area contributed by atoms with Crippen LogP contribution in [0.3, 0.4) is 0 Å². The second kappa shape index (κ2) is 4.29. The molecule has 2 rings (SSSR count). The maximum absolute atomic E-state index is 5.59. The Kier molecular flexibility index (Phi) is 3.03. The number of hydrogen-bond donors (Lipinski definition) is 1. The Hall–Kier alpha value is -0.930. The molecule has 2 N–H and O–H groups in total. The minimum atomic E-state index is 0.508. The molecule has 0 unspecified atom stereocenters. The third-order valence-corrected chi connectivity index (χ3v) is 3.75. The van der Waals surface area contributed by atoms with E-state index in [2.05, 4.69) is 32.0 Å². The fourth-order valence-corrected chi connectivity index (χ4v) is 2.64. The first-order chi connectivity index (χ1) is 7.22. The molecule has 0 fully saturated rings. The standard InChI is InChI=1S/C12H16N2S/c1-8(2)12-14-11-9(6-7-13)4-3-5-10(11)15-12/h3-5,8H,6-7,13H2,1-2H3. The van der Waals surface area contributed by atoms with E-state index in [0.29, 0.717) is 12.5 Å². The van der Waals surface area contributed by atoms with Crippen LogP contribution in [-0.4, -0.2) is 11.5 Å². The Bertz CT molecular complexity index is 460. The van der Waals surface area contributed by atoms with Crippen LogP contribution >= 0.6 is 11.3 Å². The predicted molar refractivity (Wildman–Crippen MR) is 66.5 cm³/mol. The Morgan fingerprint density at radius 1 is 1.40 bits per heavy atom. The summed E-state index contributed by atoms with van der Waals surface area (Å²) in [6, 6.07) is 6.35. The summed E-state index contributed by atoms with van der Waals surface area (Å²) >= 11 is 1.79. The first-order valence-electron chi connectivity index (χ1n) is 5.30. The topological polar surface area (TPSA) is 38.9 Å². The van der Waals surface area contributed by atoms with Crippen LogP contribution in [0.25, 0.3) is 10.2 Å². The van der Waals surface area contributed by atoms with Crippen LogP contribution in [-0.2, 0) is 6.42 Å². The van der Waals surface area contributed by atoms with Gasteiger partial charge in [-0.1, -0.05) is 26.0 Å². The summed E-state index contributed by atoms with van der Waals surface area (Å²) < 4.78 is 1.28. The molecule has 2 nitrogen and oxygen atoms in total. The van der Waals surface area contributed by atoms with E-state index in [1.165, 1.54) is 15.3 Å². The van der Waals surface area contributed by atoms with Crippen LogP contribution in [0.2, 0.25) is 0 Å². The molecule has 0 aliphatic rings. The summed E-state index contributed by atoms with van der Waals surface area (Å²) in [5.41, 5.74) is 8.02. The molecule has 0 bridgehead atoms. The molecule has 0 saturated carbocycles. The van der Waals surface area contributed by atoms with Crippen LogP contribution in [0.4, 0.5) is 0 Å². The first-order valence-corrected chi connectivity index (χ1v) is 6.12. The molecule has 0 radical (unpaired) electrons. The van der Waals surface area contributed by atoms with Gasteiger partial charge < -0.3 is 5.73 Å². The van der Waals surface area contributed by atoms with Gasteiger partial charge in [-0.3, -0.25) is 0 Å². The van der Waals surface area contributed by atoms with Gasteiger partial charge in [0.2, 0.25) is 0 Å². The molecule has 2 aromatic rings. The van der Waals surface area contributed by atoms with Crippen molar-refractivity contribution in [2.24, 2.45) is 5.73 Å². The average Bonchev–Trinajstić information content (AvgIpc) is 2.63. The van der Waals surface area contributed by atoms with Gasteiger partial charge in [-0.2, -0.15) is 0 Å². The summed E-state index contributed by atoms with van der Waals surface area (Å²) in [7, 11) is 0. The van der Waals surface area contributed by atoms with E-state index < -0.39 is 0 Å². The van der Waals surface area contributed by atoms with Gasteiger partial charge in [0, 0.05) is 5.92 Å². The molecule has 0 amide bonds. The van der Waals surface area contributed by atoms with Crippen LogP contribution in [0.15, 0.2) is 18.2 Å². The van der Waals surface area contributed by atoms with Crippen molar-refractivity contribution in [3.05, 3.63) is 28.8 Å². The SMILES string of the molecule is CC(C)c1nc2c(CCN)cccc2s1. The number of hydrogen-bond acceptors (Lipinski definition) is 3. The Morgan fingerprint density at radius 3 is 2.87 bits per heavy atom. The lowest BCUT2D eigenvalue weighted by molar-refractivity contribution is 0.855. The Labute approximate surface area is 94.1 Å². The van der Waals surface area contributed by atoms with Crippen molar-refractivity contribution in [2.75, 3.05) is 6.54 Å². The Balaban J connectivity index is 2.54. The second-order valence-corrected chi connectivity index (χ2v) is 5.07. The Morgan fingerprint density at radius 2 is 2.20 bits per heavy atom. The maximum atomic E-state index is 5.59. The van der Waals surface area contributed by atoms with Crippen molar-refractivity contribution in [1.82, 2.24) is 4.98 Å². The van der Waals surface area contributed by atoms with Gasteiger partial charge >= 0.3 is 0 Å². The highest BCUT2D eigenvalue weighted by Gasteiger charge is 2.09. The van der Waals surface area contributed by atoms with Crippen LogP contribution in [0, 0.1) is 0 Å². The smallest absolute Gasteiger partial charge is 0.0964 e. The molecular weight excluding hydrogens is 204 g/mol. The lowest BCUT2D eigenvalue weighted by atomic mass is 10.1. The van der Waals surface area contributed by atoms with Crippen molar-refractivity contribution in [3.63, 3.8) is 0 Å². The molecule has 0 aliphatic heterocycles. The van der Waals surface area contributed by atoms with E-state index in [1.54, 1.807) is 11.3 Å². The number of para-hydroxylation sites is 1. The summed E-state index contributed by atoms with van der Waals surface area (Å²) in [5.74, 6) is 0.508. The number of benzene rings is 1. The highest BCUT2D eigenvalue weighted by molar-refractivity contribution is 7.18. The van der Waals surface area contributed by atoms with Gasteiger partial charge in [0.15, 0.2) is 0 Å². The third kappa shape index (κ3) is 2.03. The van der Waals surface area contributed by atoms with Gasteiger partial charge in [0.25, 0.3) is 0 Å².